The van der Waals surface area contributed by atoms with Gasteiger partial charge in [-0.05, 0) is 64.8 Å². The fourth-order valence-corrected chi connectivity index (χ4v) is 3.46. The molecule has 0 aliphatic heterocycles. The van der Waals surface area contributed by atoms with Crippen LogP contribution in [0.3, 0.4) is 0 Å². The van der Waals surface area contributed by atoms with Gasteiger partial charge in [-0.25, -0.2) is 4.79 Å². The van der Waals surface area contributed by atoms with Crippen molar-refractivity contribution < 1.29 is 19.1 Å². The number of hydrogen-bond donors (Lipinski definition) is 1. The molecule has 0 fully saturated rings. The van der Waals surface area contributed by atoms with Gasteiger partial charge in [0.05, 0.1) is 25.5 Å². The van der Waals surface area contributed by atoms with Crippen molar-refractivity contribution in [2.45, 2.75) is 6.92 Å². The molecule has 0 radical (unpaired) electrons. The highest BCUT2D eigenvalue weighted by atomic mass is 79.9. The smallest absolute Gasteiger partial charge is 0.339 e. The number of aryl methyl sites for hydroxylation is 1. The van der Waals surface area contributed by atoms with E-state index in [-0.39, 0.29) is 5.91 Å². The highest BCUT2D eigenvalue weighted by Crippen LogP contribution is 2.28. The molecule has 3 aromatic rings. The maximum Gasteiger partial charge on any atom is 0.339 e. The van der Waals surface area contributed by atoms with E-state index in [4.69, 9.17) is 9.47 Å². The van der Waals surface area contributed by atoms with Gasteiger partial charge in [0.2, 0.25) is 0 Å². The van der Waals surface area contributed by atoms with Crippen LogP contribution in [0.4, 0.5) is 5.69 Å². The number of hydrogen-bond acceptors (Lipinski definition) is 4. The molecule has 0 spiro atoms. The van der Waals surface area contributed by atoms with Crippen LogP contribution in [-0.2, 0) is 4.74 Å². The third-order valence-electron chi connectivity index (χ3n) is 4.56. The van der Waals surface area contributed by atoms with Crippen molar-refractivity contribution in [1.29, 1.82) is 0 Å². The van der Waals surface area contributed by atoms with Gasteiger partial charge in [0, 0.05) is 21.2 Å². The average Bonchev–Trinajstić information content (AvgIpc) is 2.79. The van der Waals surface area contributed by atoms with Crippen LogP contribution in [0.2, 0.25) is 0 Å². The fraction of sp³-hybridized carbons (Fsp3) is 0.120. The van der Waals surface area contributed by atoms with Crippen LogP contribution in [0.15, 0.2) is 65.1 Å². The maximum absolute atomic E-state index is 12.8. The molecule has 1 amide bonds. The first-order chi connectivity index (χ1) is 14.9. The Morgan fingerprint density at radius 2 is 1.71 bits per heavy atom. The van der Waals surface area contributed by atoms with Gasteiger partial charge in [-0.2, -0.15) is 0 Å². The Bertz CT molecular complexity index is 1210. The molecule has 1 N–H and O–H groups in total. The van der Waals surface area contributed by atoms with E-state index < -0.39 is 5.97 Å². The van der Waals surface area contributed by atoms with Gasteiger partial charge in [-0.15, -0.1) is 0 Å². The lowest BCUT2D eigenvalue weighted by Gasteiger charge is -2.13. The van der Waals surface area contributed by atoms with Gasteiger partial charge in [-0.3, -0.25) is 4.79 Å². The summed E-state index contributed by atoms with van der Waals surface area (Å²) in [6.45, 7) is 1.90. The Labute approximate surface area is 189 Å². The molecule has 0 aromatic heterocycles. The highest BCUT2D eigenvalue weighted by molar-refractivity contribution is 9.10. The number of benzene rings is 3. The Morgan fingerprint density at radius 3 is 2.45 bits per heavy atom. The van der Waals surface area contributed by atoms with E-state index >= 15 is 0 Å². The van der Waals surface area contributed by atoms with Crippen molar-refractivity contribution in [3.8, 4) is 17.6 Å². The minimum absolute atomic E-state index is 0.259. The minimum atomic E-state index is -0.444. The third-order valence-corrected chi connectivity index (χ3v) is 5.42. The summed E-state index contributed by atoms with van der Waals surface area (Å²) in [6.07, 6.45) is 0. The molecule has 0 bridgehead atoms. The van der Waals surface area contributed by atoms with E-state index in [2.05, 4.69) is 33.1 Å². The summed E-state index contributed by atoms with van der Waals surface area (Å²) in [6, 6.07) is 17.8. The number of methoxy groups -OCH3 is 2. The lowest BCUT2D eigenvalue weighted by molar-refractivity contribution is 0.0599. The molecule has 0 unspecified atom stereocenters. The van der Waals surface area contributed by atoms with Gasteiger partial charge in [0.15, 0.2) is 0 Å². The second kappa shape index (κ2) is 9.96. The van der Waals surface area contributed by atoms with Crippen LogP contribution < -0.4 is 10.1 Å². The van der Waals surface area contributed by atoms with Crippen molar-refractivity contribution in [3.63, 3.8) is 0 Å². The Morgan fingerprint density at radius 1 is 0.968 bits per heavy atom. The normalized spacial score (nSPS) is 9.94. The Balaban J connectivity index is 1.86. The summed E-state index contributed by atoms with van der Waals surface area (Å²) in [7, 11) is 2.89. The van der Waals surface area contributed by atoms with E-state index in [1.807, 2.05) is 25.1 Å². The number of para-hydroxylation sites is 1. The molecule has 0 atom stereocenters. The minimum Gasteiger partial charge on any atom is -0.495 e. The first kappa shape index (κ1) is 22.1. The predicted molar refractivity (Wildman–Crippen MR) is 124 cm³/mol. The molecule has 0 aliphatic carbocycles. The van der Waals surface area contributed by atoms with Crippen LogP contribution >= 0.6 is 15.9 Å². The first-order valence-corrected chi connectivity index (χ1v) is 10.2. The number of rotatable bonds is 4. The zero-order valence-electron chi connectivity index (χ0n) is 17.3. The summed E-state index contributed by atoms with van der Waals surface area (Å²) in [5.74, 6) is 5.97. The summed E-state index contributed by atoms with van der Waals surface area (Å²) in [5, 5.41) is 2.91. The Kier molecular flexibility index (Phi) is 7.11. The molecule has 156 valence electrons. The SMILES string of the molecule is COC(=O)c1cccc(C#Cc2cccc(C(=O)Nc3c(C)cccc3OC)c2)c1Br. The second-order valence-electron chi connectivity index (χ2n) is 6.60. The first-order valence-electron chi connectivity index (χ1n) is 9.38. The zero-order valence-corrected chi connectivity index (χ0v) is 18.9. The van der Waals surface area contributed by atoms with Crippen LogP contribution in [0.1, 0.15) is 37.4 Å². The highest BCUT2D eigenvalue weighted by Gasteiger charge is 2.13. The molecular formula is C25H20BrNO4. The maximum atomic E-state index is 12.8. The summed E-state index contributed by atoms with van der Waals surface area (Å²) in [5.41, 5.74) is 3.71. The van der Waals surface area contributed by atoms with Crippen LogP contribution in [0.25, 0.3) is 0 Å². The van der Waals surface area contributed by atoms with E-state index in [1.54, 1.807) is 49.6 Å². The van der Waals surface area contributed by atoms with Gasteiger partial charge in [0.1, 0.15) is 5.75 Å². The Hall–Kier alpha value is -3.56. The lowest BCUT2D eigenvalue weighted by atomic mass is 10.1. The molecule has 0 saturated heterocycles. The number of amides is 1. The van der Waals surface area contributed by atoms with Gasteiger partial charge in [-0.1, -0.05) is 36.1 Å². The quantitative estimate of drug-likeness (QED) is 0.414. The zero-order chi connectivity index (χ0) is 22.4. The molecule has 5 nitrogen and oxygen atoms in total. The van der Waals surface area contributed by atoms with Crippen LogP contribution in [0, 0.1) is 18.8 Å². The van der Waals surface area contributed by atoms with Crippen LogP contribution in [0.5, 0.6) is 5.75 Å². The number of esters is 1. The lowest BCUT2D eigenvalue weighted by Crippen LogP contribution is -2.13. The fourth-order valence-electron chi connectivity index (χ4n) is 2.93. The molecule has 3 rings (SSSR count). The number of halogens is 1. The number of nitrogens with one attached hydrogen (secondary N) is 1. The van der Waals surface area contributed by atoms with E-state index in [1.165, 1.54) is 7.11 Å². The molecule has 0 heterocycles. The topological polar surface area (TPSA) is 64.6 Å². The van der Waals surface area contributed by atoms with Gasteiger partial charge in [0.25, 0.3) is 5.91 Å². The van der Waals surface area contributed by atoms with Crippen molar-refractivity contribution in [2.75, 3.05) is 19.5 Å². The largest absolute Gasteiger partial charge is 0.495 e. The molecule has 0 saturated carbocycles. The molecule has 31 heavy (non-hydrogen) atoms. The van der Waals surface area contributed by atoms with E-state index in [0.717, 1.165) is 5.56 Å². The van der Waals surface area contributed by atoms with Crippen molar-refractivity contribution in [1.82, 2.24) is 0 Å². The molecular weight excluding hydrogens is 458 g/mol. The summed E-state index contributed by atoms with van der Waals surface area (Å²) >= 11 is 3.41. The van der Waals surface area contributed by atoms with Crippen LogP contribution in [-0.4, -0.2) is 26.1 Å². The number of carbonyl (C=O) groups is 2. The standard InChI is InChI=1S/C25H20BrNO4/c1-16-7-4-12-21(30-2)23(16)27-24(28)19-10-5-8-17(15-19)13-14-18-9-6-11-20(22(18)26)25(29)31-3/h4-12,15H,1-3H3,(H,27,28). The third kappa shape index (κ3) is 5.14. The number of anilines is 1. The number of carbonyl (C=O) groups excluding carboxylic acids is 2. The summed E-state index contributed by atoms with van der Waals surface area (Å²) < 4.78 is 10.7. The molecule has 3 aromatic carbocycles. The van der Waals surface area contributed by atoms with Gasteiger partial charge < -0.3 is 14.8 Å². The number of ether oxygens (including phenoxy) is 2. The van der Waals surface area contributed by atoms with Gasteiger partial charge >= 0.3 is 5.97 Å². The van der Waals surface area contributed by atoms with Crippen molar-refractivity contribution in [3.05, 3.63) is 93.0 Å². The molecule has 6 heteroatoms. The monoisotopic (exact) mass is 477 g/mol. The van der Waals surface area contributed by atoms with Crippen molar-refractivity contribution in [2.24, 2.45) is 0 Å². The van der Waals surface area contributed by atoms with E-state index in [0.29, 0.717) is 38.2 Å². The predicted octanol–water partition coefficient (Wildman–Crippen LogP) is 5.20. The van der Waals surface area contributed by atoms with Crippen molar-refractivity contribution >= 4 is 33.5 Å². The second-order valence-corrected chi connectivity index (χ2v) is 7.39. The van der Waals surface area contributed by atoms with E-state index in [9.17, 15) is 9.59 Å². The molecule has 0 aliphatic rings. The average molecular weight is 478 g/mol. The summed E-state index contributed by atoms with van der Waals surface area (Å²) in [4.78, 5) is 24.6.